The smallest absolute Gasteiger partial charge is 0.135 e. The van der Waals surface area contributed by atoms with Gasteiger partial charge >= 0.3 is 0 Å². The maximum atomic E-state index is 14.0. The molecule has 18 heavy (non-hydrogen) atoms. The molecule has 0 unspecified atom stereocenters. The maximum absolute atomic E-state index is 14.0. The lowest BCUT2D eigenvalue weighted by molar-refractivity contribution is 0.625. The topological polar surface area (TPSA) is 62.0 Å². The zero-order valence-corrected chi connectivity index (χ0v) is 10.3. The molecule has 1 aliphatic carbocycles. The van der Waals surface area contributed by atoms with E-state index in [1.807, 2.05) is 0 Å². The summed E-state index contributed by atoms with van der Waals surface area (Å²) in [6.07, 6.45) is 1.04. The third kappa shape index (κ3) is 1.42. The molecule has 0 bridgehead atoms. The molecule has 1 aliphatic rings. The number of hydrogen-bond acceptors (Lipinski definition) is 6. The van der Waals surface area contributed by atoms with Crippen LogP contribution in [0.1, 0.15) is 11.1 Å². The van der Waals surface area contributed by atoms with Crippen molar-refractivity contribution in [3.05, 3.63) is 29.1 Å². The summed E-state index contributed by atoms with van der Waals surface area (Å²) in [5, 5.41) is 7.81. The SMILES string of the molecule is N=C1/C(=N\S)C=C(F)c2c1c(F)cc1nsnc21. The fraction of sp³-hybridized carbons (Fsp3) is 0. The second-order valence-corrected chi connectivity index (χ2v) is 4.32. The molecule has 0 saturated carbocycles. The fourth-order valence-electron chi connectivity index (χ4n) is 1.84. The molecular weight excluding hydrogens is 278 g/mol. The minimum atomic E-state index is -0.715. The van der Waals surface area contributed by atoms with Crippen molar-refractivity contribution < 1.29 is 8.78 Å². The van der Waals surface area contributed by atoms with Gasteiger partial charge in [-0.05, 0) is 12.8 Å². The van der Waals surface area contributed by atoms with Crippen LogP contribution in [0.2, 0.25) is 0 Å². The molecule has 1 aromatic heterocycles. The van der Waals surface area contributed by atoms with E-state index in [0.717, 1.165) is 23.9 Å². The van der Waals surface area contributed by atoms with E-state index < -0.39 is 11.6 Å². The van der Waals surface area contributed by atoms with Gasteiger partial charge in [-0.1, -0.05) is 0 Å². The molecule has 4 nitrogen and oxygen atoms in total. The van der Waals surface area contributed by atoms with Crippen LogP contribution in [0.15, 0.2) is 16.5 Å². The Morgan fingerprint density at radius 2 is 2.06 bits per heavy atom. The van der Waals surface area contributed by atoms with Gasteiger partial charge in [0, 0.05) is 17.7 Å². The van der Waals surface area contributed by atoms with Gasteiger partial charge in [0.2, 0.25) is 0 Å². The molecule has 2 aromatic rings. The highest BCUT2D eigenvalue weighted by Crippen LogP contribution is 2.34. The maximum Gasteiger partial charge on any atom is 0.135 e. The van der Waals surface area contributed by atoms with Gasteiger partial charge in [-0.2, -0.15) is 8.75 Å². The van der Waals surface area contributed by atoms with Gasteiger partial charge in [0.25, 0.3) is 0 Å². The predicted molar refractivity (Wildman–Crippen MR) is 69.7 cm³/mol. The first-order valence-corrected chi connectivity index (χ1v) is 5.90. The van der Waals surface area contributed by atoms with Crippen molar-refractivity contribution in [2.24, 2.45) is 4.40 Å². The lowest BCUT2D eigenvalue weighted by Crippen LogP contribution is -2.20. The highest BCUT2D eigenvalue weighted by Gasteiger charge is 2.28. The highest BCUT2D eigenvalue weighted by molar-refractivity contribution is 7.79. The lowest BCUT2D eigenvalue weighted by Gasteiger charge is -2.15. The van der Waals surface area contributed by atoms with Gasteiger partial charge in [0.15, 0.2) is 0 Å². The number of hydrogen-bond donors (Lipinski definition) is 2. The zero-order valence-electron chi connectivity index (χ0n) is 8.61. The van der Waals surface area contributed by atoms with Crippen molar-refractivity contribution in [2.45, 2.75) is 0 Å². The minimum Gasteiger partial charge on any atom is -0.298 e. The molecule has 1 heterocycles. The number of aromatic nitrogens is 2. The molecular formula is C10H4F2N4S2. The van der Waals surface area contributed by atoms with Gasteiger partial charge in [-0.25, -0.2) is 13.2 Å². The molecule has 90 valence electrons. The number of fused-ring (bicyclic) bond motifs is 3. The van der Waals surface area contributed by atoms with Gasteiger partial charge in [-0.15, -0.1) is 0 Å². The van der Waals surface area contributed by atoms with E-state index in [4.69, 9.17) is 5.41 Å². The summed E-state index contributed by atoms with van der Waals surface area (Å²) in [5.41, 5.74) is 0.109. The molecule has 0 radical (unpaired) electrons. The predicted octanol–water partition coefficient (Wildman–Crippen LogP) is 2.81. The van der Waals surface area contributed by atoms with Crippen LogP contribution in [0.4, 0.5) is 8.78 Å². The summed E-state index contributed by atoms with van der Waals surface area (Å²) in [4.78, 5) is 0. The van der Waals surface area contributed by atoms with E-state index in [9.17, 15) is 8.78 Å². The third-order valence-corrected chi connectivity index (χ3v) is 3.38. The van der Waals surface area contributed by atoms with E-state index in [0.29, 0.717) is 0 Å². The average molecular weight is 282 g/mol. The summed E-state index contributed by atoms with van der Waals surface area (Å²) in [6.45, 7) is 0. The summed E-state index contributed by atoms with van der Waals surface area (Å²) < 4.78 is 39.2. The van der Waals surface area contributed by atoms with E-state index >= 15 is 0 Å². The molecule has 8 heteroatoms. The summed E-state index contributed by atoms with van der Waals surface area (Å²) in [6, 6.07) is 1.14. The largest absolute Gasteiger partial charge is 0.298 e. The number of rotatable bonds is 0. The van der Waals surface area contributed by atoms with Gasteiger partial charge in [-0.3, -0.25) is 5.41 Å². The van der Waals surface area contributed by atoms with Crippen LogP contribution in [0.3, 0.4) is 0 Å². The van der Waals surface area contributed by atoms with Crippen LogP contribution in [0.5, 0.6) is 0 Å². The van der Waals surface area contributed by atoms with E-state index in [2.05, 4.69) is 26.0 Å². The van der Waals surface area contributed by atoms with Crippen molar-refractivity contribution in [2.75, 3.05) is 0 Å². The standard InChI is InChI=1S/C10H4F2N4S2/c11-3-2-6-10(16-18-15-6)8-4(12)1-5(14-17)9(13)7(3)8/h1-2,13,17H/b13-9?,14-5-. The summed E-state index contributed by atoms with van der Waals surface area (Å²) >= 11 is 4.51. The second kappa shape index (κ2) is 3.92. The Morgan fingerprint density at radius 1 is 1.28 bits per heavy atom. The van der Waals surface area contributed by atoms with Crippen LogP contribution in [0.25, 0.3) is 16.9 Å². The Kier molecular flexibility index (Phi) is 2.49. The Hall–Kier alpha value is -1.67. The van der Waals surface area contributed by atoms with E-state index in [1.165, 1.54) is 0 Å². The van der Waals surface area contributed by atoms with Gasteiger partial charge < -0.3 is 0 Å². The summed E-state index contributed by atoms with van der Waals surface area (Å²) in [7, 11) is 0. The Labute approximate surface area is 109 Å². The lowest BCUT2D eigenvalue weighted by atomic mass is 9.91. The van der Waals surface area contributed by atoms with Gasteiger partial charge in [0.1, 0.15) is 22.7 Å². The number of thiol groups is 1. The Balaban J connectivity index is 2.48. The molecule has 1 aromatic carbocycles. The van der Waals surface area contributed by atoms with Crippen molar-refractivity contribution in [3.63, 3.8) is 0 Å². The fourth-order valence-corrected chi connectivity index (χ4v) is 2.53. The van der Waals surface area contributed by atoms with Gasteiger partial charge in [0.05, 0.1) is 28.7 Å². The quantitative estimate of drug-likeness (QED) is 0.730. The first kappa shape index (κ1) is 11.4. The van der Waals surface area contributed by atoms with Crippen LogP contribution >= 0.6 is 24.5 Å². The van der Waals surface area contributed by atoms with Crippen LogP contribution in [-0.2, 0) is 0 Å². The van der Waals surface area contributed by atoms with E-state index in [-0.39, 0.29) is 33.6 Å². The Morgan fingerprint density at radius 3 is 2.78 bits per heavy atom. The molecule has 0 aliphatic heterocycles. The molecule has 0 spiro atoms. The van der Waals surface area contributed by atoms with Crippen LogP contribution in [-0.4, -0.2) is 20.2 Å². The number of nitrogens with zero attached hydrogens (tertiary/aromatic N) is 3. The molecule has 0 amide bonds. The third-order valence-electron chi connectivity index (χ3n) is 2.62. The highest BCUT2D eigenvalue weighted by atomic mass is 32.1. The summed E-state index contributed by atoms with van der Waals surface area (Å²) in [5.74, 6) is -1.40. The minimum absolute atomic E-state index is 0.0234. The number of benzene rings is 1. The van der Waals surface area contributed by atoms with Crippen molar-refractivity contribution in [1.29, 1.82) is 5.41 Å². The molecule has 3 rings (SSSR count). The molecule has 1 N–H and O–H groups in total. The first-order chi connectivity index (χ1) is 8.63. The van der Waals surface area contributed by atoms with Crippen molar-refractivity contribution >= 4 is 52.8 Å². The second-order valence-electron chi connectivity index (χ2n) is 3.59. The molecule has 0 atom stereocenters. The number of halogens is 2. The van der Waals surface area contributed by atoms with Crippen LogP contribution in [0, 0.1) is 11.2 Å². The Bertz CT molecular complexity index is 748. The normalized spacial score (nSPS) is 17.2. The molecule has 0 saturated heterocycles. The van der Waals surface area contributed by atoms with Crippen LogP contribution < -0.4 is 0 Å². The zero-order chi connectivity index (χ0) is 12.9. The molecule has 0 fully saturated rings. The van der Waals surface area contributed by atoms with Crippen molar-refractivity contribution in [3.8, 4) is 0 Å². The first-order valence-electron chi connectivity index (χ1n) is 4.77. The van der Waals surface area contributed by atoms with E-state index in [1.54, 1.807) is 0 Å². The average Bonchev–Trinajstić information content (AvgIpc) is 2.80. The number of allylic oxidation sites excluding steroid dienone is 1. The monoisotopic (exact) mass is 282 g/mol. The van der Waals surface area contributed by atoms with Crippen molar-refractivity contribution in [1.82, 2.24) is 8.75 Å². The number of nitrogens with one attached hydrogen (secondary N) is 1.